The van der Waals surface area contributed by atoms with E-state index in [1.165, 1.54) is 11.1 Å². The molecule has 25 heavy (non-hydrogen) atoms. The van der Waals surface area contributed by atoms with E-state index in [4.69, 9.17) is 18.0 Å². The molecule has 0 unspecified atom stereocenters. The Kier molecular flexibility index (Phi) is 6.14. The Balaban J connectivity index is 2.20. The predicted octanol–water partition coefficient (Wildman–Crippen LogP) is 4.15. The number of nitrogens with two attached hydrogens (primary N) is 1. The van der Waals surface area contributed by atoms with Crippen molar-refractivity contribution in [2.75, 3.05) is 7.05 Å². The first-order chi connectivity index (χ1) is 11.7. The van der Waals surface area contributed by atoms with E-state index in [0.717, 1.165) is 17.8 Å². The fourth-order valence-electron chi connectivity index (χ4n) is 3.01. The van der Waals surface area contributed by atoms with Crippen LogP contribution >= 0.6 is 12.2 Å². The monoisotopic (exact) mass is 357 g/mol. The first kappa shape index (κ1) is 19.3. The zero-order chi connectivity index (χ0) is 18.7. The standard InChI is InChI=1S/C20H27N3OS/c1-13(2)17-8-6-16(7-9-17)11-22(5)12-23-15(4)10-14(3)18(19(21)24)20(23)25/h6-10,13H,11-12H2,1-5H3,(H2,21,24). The summed E-state index contributed by atoms with van der Waals surface area (Å²) in [5.74, 6) is 0.0655. The third kappa shape index (κ3) is 4.55. The summed E-state index contributed by atoms with van der Waals surface area (Å²) in [5, 5.41) is 0. The number of aryl methyl sites for hydroxylation is 2. The highest BCUT2D eigenvalue weighted by molar-refractivity contribution is 7.71. The lowest BCUT2D eigenvalue weighted by atomic mass is 10.0. The Morgan fingerprint density at radius 1 is 1.24 bits per heavy atom. The molecule has 0 atom stereocenters. The number of aromatic nitrogens is 1. The van der Waals surface area contributed by atoms with Crippen LogP contribution in [0, 0.1) is 18.5 Å². The summed E-state index contributed by atoms with van der Waals surface area (Å²) >= 11 is 5.51. The molecular weight excluding hydrogens is 330 g/mol. The van der Waals surface area contributed by atoms with Gasteiger partial charge in [0, 0.05) is 12.2 Å². The van der Waals surface area contributed by atoms with Crippen LogP contribution in [-0.4, -0.2) is 22.4 Å². The summed E-state index contributed by atoms with van der Waals surface area (Å²) in [4.78, 5) is 13.9. The number of nitrogens with zero attached hydrogens (tertiary/aromatic N) is 2. The van der Waals surface area contributed by atoms with Gasteiger partial charge in [-0.2, -0.15) is 0 Å². The summed E-state index contributed by atoms with van der Waals surface area (Å²) in [7, 11) is 2.04. The molecule has 1 aromatic heterocycles. The normalized spacial score (nSPS) is 11.3. The molecule has 0 radical (unpaired) electrons. The van der Waals surface area contributed by atoms with E-state index in [1.54, 1.807) is 0 Å². The van der Waals surface area contributed by atoms with Crippen LogP contribution in [0.2, 0.25) is 0 Å². The minimum Gasteiger partial charge on any atom is -0.365 e. The molecule has 2 rings (SSSR count). The first-order valence-electron chi connectivity index (χ1n) is 8.49. The maximum atomic E-state index is 11.7. The summed E-state index contributed by atoms with van der Waals surface area (Å²) in [6, 6.07) is 10.7. The molecule has 2 N–H and O–H groups in total. The summed E-state index contributed by atoms with van der Waals surface area (Å²) in [5.41, 5.74) is 10.4. The molecule has 5 heteroatoms. The minimum atomic E-state index is -0.469. The van der Waals surface area contributed by atoms with Gasteiger partial charge in [-0.3, -0.25) is 9.69 Å². The number of hydrogen-bond acceptors (Lipinski definition) is 3. The average molecular weight is 358 g/mol. The molecule has 1 amide bonds. The quantitative estimate of drug-likeness (QED) is 0.790. The van der Waals surface area contributed by atoms with Crippen molar-refractivity contribution in [2.24, 2.45) is 5.73 Å². The fraction of sp³-hybridized carbons (Fsp3) is 0.400. The van der Waals surface area contributed by atoms with E-state index in [9.17, 15) is 4.79 Å². The Labute approximate surface area is 155 Å². The van der Waals surface area contributed by atoms with Gasteiger partial charge in [0.2, 0.25) is 0 Å². The van der Waals surface area contributed by atoms with Crippen molar-refractivity contribution in [2.45, 2.75) is 46.8 Å². The van der Waals surface area contributed by atoms with E-state index in [0.29, 0.717) is 22.8 Å². The van der Waals surface area contributed by atoms with Crippen molar-refractivity contribution in [3.8, 4) is 0 Å². The molecule has 0 aliphatic rings. The maximum Gasteiger partial charge on any atom is 0.251 e. The van der Waals surface area contributed by atoms with Crippen LogP contribution in [0.4, 0.5) is 0 Å². The number of amides is 1. The van der Waals surface area contributed by atoms with Gasteiger partial charge in [0.25, 0.3) is 5.91 Å². The highest BCUT2D eigenvalue weighted by Crippen LogP contribution is 2.17. The Bertz CT molecular complexity index is 822. The number of pyridine rings is 1. The van der Waals surface area contributed by atoms with Gasteiger partial charge in [-0.15, -0.1) is 0 Å². The molecule has 0 fully saturated rings. The molecule has 0 saturated carbocycles. The minimum absolute atomic E-state index is 0.440. The fourth-order valence-corrected chi connectivity index (χ4v) is 3.48. The lowest BCUT2D eigenvalue weighted by Crippen LogP contribution is -2.25. The van der Waals surface area contributed by atoms with Crippen LogP contribution in [0.3, 0.4) is 0 Å². The number of hydrogen-bond donors (Lipinski definition) is 1. The molecule has 0 bridgehead atoms. The Morgan fingerprint density at radius 3 is 2.36 bits per heavy atom. The second-order valence-electron chi connectivity index (χ2n) is 6.99. The second kappa shape index (κ2) is 7.93. The lowest BCUT2D eigenvalue weighted by molar-refractivity contribution is 0.0997. The van der Waals surface area contributed by atoms with Crippen molar-refractivity contribution >= 4 is 18.1 Å². The van der Waals surface area contributed by atoms with Crippen LogP contribution in [0.1, 0.15) is 52.5 Å². The molecule has 1 heterocycles. The lowest BCUT2D eigenvalue weighted by Gasteiger charge is -2.22. The predicted molar refractivity (Wildman–Crippen MR) is 105 cm³/mol. The third-order valence-corrected chi connectivity index (χ3v) is 4.86. The first-order valence-corrected chi connectivity index (χ1v) is 8.89. The van der Waals surface area contributed by atoms with Gasteiger partial charge in [0.1, 0.15) is 4.64 Å². The molecule has 0 spiro atoms. The zero-order valence-corrected chi connectivity index (χ0v) is 16.5. The SMILES string of the molecule is Cc1cc(C)n(CN(C)Cc2ccc(C(C)C)cc2)c(=S)c1C(N)=O. The summed E-state index contributed by atoms with van der Waals surface area (Å²) in [6.07, 6.45) is 0. The largest absolute Gasteiger partial charge is 0.365 e. The number of rotatable bonds is 6. The number of benzene rings is 1. The third-order valence-electron chi connectivity index (χ3n) is 4.43. The van der Waals surface area contributed by atoms with E-state index in [-0.39, 0.29) is 0 Å². The Hall–Kier alpha value is -1.98. The number of primary amides is 1. The van der Waals surface area contributed by atoms with Crippen molar-refractivity contribution in [3.05, 3.63) is 62.9 Å². The smallest absolute Gasteiger partial charge is 0.251 e. The molecular formula is C20H27N3OS. The van der Waals surface area contributed by atoms with Gasteiger partial charge in [-0.25, -0.2) is 0 Å². The van der Waals surface area contributed by atoms with Crippen LogP contribution in [0.15, 0.2) is 30.3 Å². The van der Waals surface area contributed by atoms with Crippen molar-refractivity contribution in [1.82, 2.24) is 9.47 Å². The van der Waals surface area contributed by atoms with Crippen molar-refractivity contribution in [3.63, 3.8) is 0 Å². The van der Waals surface area contributed by atoms with Gasteiger partial charge in [-0.1, -0.05) is 50.3 Å². The van der Waals surface area contributed by atoms with Gasteiger partial charge in [-0.05, 0) is 49.6 Å². The van der Waals surface area contributed by atoms with Crippen molar-refractivity contribution in [1.29, 1.82) is 0 Å². The summed E-state index contributed by atoms with van der Waals surface area (Å²) < 4.78 is 2.47. The van der Waals surface area contributed by atoms with Crippen molar-refractivity contribution < 1.29 is 4.79 Å². The van der Waals surface area contributed by atoms with Crippen LogP contribution in [0.5, 0.6) is 0 Å². The molecule has 134 valence electrons. The van der Waals surface area contributed by atoms with Gasteiger partial charge in [0.05, 0.1) is 12.2 Å². The average Bonchev–Trinajstić information content (AvgIpc) is 2.51. The highest BCUT2D eigenvalue weighted by Gasteiger charge is 2.13. The molecule has 0 aliphatic carbocycles. The molecule has 1 aromatic carbocycles. The van der Waals surface area contributed by atoms with Gasteiger partial charge in [0.15, 0.2) is 0 Å². The Morgan fingerprint density at radius 2 is 1.84 bits per heavy atom. The van der Waals surface area contributed by atoms with Crippen LogP contribution in [0.25, 0.3) is 0 Å². The van der Waals surface area contributed by atoms with E-state index >= 15 is 0 Å². The van der Waals surface area contributed by atoms with Gasteiger partial charge >= 0.3 is 0 Å². The summed E-state index contributed by atoms with van der Waals surface area (Å²) in [6.45, 7) is 9.67. The zero-order valence-electron chi connectivity index (χ0n) is 15.7. The molecule has 4 nitrogen and oxygen atoms in total. The number of carbonyl (C=O) groups is 1. The second-order valence-corrected chi connectivity index (χ2v) is 7.38. The van der Waals surface area contributed by atoms with E-state index in [1.807, 2.05) is 31.5 Å². The molecule has 0 aliphatic heterocycles. The maximum absolute atomic E-state index is 11.7. The van der Waals surface area contributed by atoms with E-state index in [2.05, 4.69) is 43.0 Å². The number of carbonyl (C=O) groups excluding carboxylic acids is 1. The highest BCUT2D eigenvalue weighted by atomic mass is 32.1. The topological polar surface area (TPSA) is 51.3 Å². The van der Waals surface area contributed by atoms with Crippen LogP contribution < -0.4 is 5.73 Å². The van der Waals surface area contributed by atoms with Crippen LogP contribution in [-0.2, 0) is 13.2 Å². The molecule has 0 saturated heterocycles. The van der Waals surface area contributed by atoms with E-state index < -0.39 is 5.91 Å². The van der Waals surface area contributed by atoms with Gasteiger partial charge < -0.3 is 10.3 Å². The molecule has 2 aromatic rings.